The van der Waals surface area contributed by atoms with E-state index in [1.54, 1.807) is 0 Å². The van der Waals surface area contributed by atoms with Crippen LogP contribution in [0.3, 0.4) is 0 Å². The number of hydrogen-bond acceptors (Lipinski definition) is 4. The number of aromatic nitrogens is 3. The Kier molecular flexibility index (Phi) is 3.79. The van der Waals surface area contributed by atoms with Crippen LogP contribution in [0.25, 0.3) is 22.4 Å². The fraction of sp³-hybridized carbons (Fsp3) is 0.250. The van der Waals surface area contributed by atoms with E-state index in [1.807, 2.05) is 54.7 Å². The average molecular weight is 383 g/mol. The lowest BCUT2D eigenvalue weighted by atomic mass is 9.91. The highest BCUT2D eigenvalue weighted by Crippen LogP contribution is 2.43. The van der Waals surface area contributed by atoms with Crippen LogP contribution in [-0.4, -0.2) is 27.3 Å². The Balaban J connectivity index is 1.35. The zero-order chi connectivity index (χ0) is 19.3. The summed E-state index contributed by atoms with van der Waals surface area (Å²) < 4.78 is 12.7. The largest absolute Gasteiger partial charge is 0.356 e. The summed E-state index contributed by atoms with van der Waals surface area (Å²) in [4.78, 5) is 13.0. The number of ether oxygens (including phenoxy) is 2. The molecule has 2 atom stereocenters. The van der Waals surface area contributed by atoms with Gasteiger partial charge >= 0.3 is 0 Å². The van der Waals surface area contributed by atoms with E-state index >= 15 is 0 Å². The summed E-state index contributed by atoms with van der Waals surface area (Å²) in [7, 11) is 0. The van der Waals surface area contributed by atoms with Gasteiger partial charge in [0.25, 0.3) is 0 Å². The zero-order valence-corrected chi connectivity index (χ0v) is 16.0. The van der Waals surface area contributed by atoms with Gasteiger partial charge in [0.1, 0.15) is 6.10 Å². The van der Waals surface area contributed by atoms with Crippen LogP contribution in [0.15, 0.2) is 66.9 Å². The lowest BCUT2D eigenvalue weighted by Gasteiger charge is -2.32. The Bertz CT molecular complexity index is 1170. The third-order valence-corrected chi connectivity index (χ3v) is 5.98. The number of H-pyrrole nitrogens is 1. The van der Waals surface area contributed by atoms with Gasteiger partial charge in [0, 0.05) is 29.7 Å². The van der Waals surface area contributed by atoms with Crippen molar-refractivity contribution in [3.63, 3.8) is 0 Å². The van der Waals surface area contributed by atoms with Gasteiger partial charge in [-0.3, -0.25) is 0 Å². The van der Waals surface area contributed by atoms with E-state index in [4.69, 9.17) is 14.5 Å². The van der Waals surface area contributed by atoms with Gasteiger partial charge in [0.2, 0.25) is 0 Å². The first kappa shape index (κ1) is 16.9. The standard InChI is InChI=1S/C24H21N3O2/c1-3-7-16(8-4-1)21-15-28-24(29-21)12-11-19-18(13-24)22-20(26-19)14-25-23(27-22)17-9-5-2-6-10-17/h1-10,14,21,26H,11-13,15H2. The molecule has 2 unspecified atom stereocenters. The highest BCUT2D eigenvalue weighted by molar-refractivity contribution is 5.82. The Hall–Kier alpha value is -3.02. The van der Waals surface area contributed by atoms with E-state index in [0.29, 0.717) is 13.0 Å². The number of nitrogens with zero attached hydrogens (tertiary/aromatic N) is 2. The molecule has 4 aromatic rings. The molecule has 2 aromatic heterocycles. The first-order chi connectivity index (χ1) is 14.3. The predicted octanol–water partition coefficient (Wildman–Crippen LogP) is 4.60. The van der Waals surface area contributed by atoms with Crippen LogP contribution in [0.1, 0.15) is 29.3 Å². The molecule has 29 heavy (non-hydrogen) atoms. The molecule has 144 valence electrons. The molecule has 2 aromatic carbocycles. The van der Waals surface area contributed by atoms with Crippen LogP contribution in [-0.2, 0) is 22.3 Å². The number of benzene rings is 2. The maximum Gasteiger partial charge on any atom is 0.173 e. The van der Waals surface area contributed by atoms with Gasteiger partial charge in [0.15, 0.2) is 11.6 Å². The molecule has 1 fully saturated rings. The Labute approximate surface area is 168 Å². The van der Waals surface area contributed by atoms with Crippen LogP contribution in [0, 0.1) is 0 Å². The van der Waals surface area contributed by atoms with Crippen molar-refractivity contribution in [2.24, 2.45) is 0 Å². The monoisotopic (exact) mass is 383 g/mol. The van der Waals surface area contributed by atoms with Gasteiger partial charge in [0.05, 0.1) is 23.8 Å². The predicted molar refractivity (Wildman–Crippen MR) is 110 cm³/mol. The van der Waals surface area contributed by atoms with Crippen molar-refractivity contribution in [1.29, 1.82) is 0 Å². The molecule has 0 bridgehead atoms. The SMILES string of the molecule is c1ccc(-c2ncc3[nH]c4c(c3n2)CC2(CC4)OCC(c3ccccc3)O2)cc1. The number of nitrogens with one attached hydrogen (secondary N) is 1. The molecular formula is C24H21N3O2. The number of aryl methyl sites for hydroxylation is 1. The smallest absolute Gasteiger partial charge is 0.173 e. The number of rotatable bonds is 2. The van der Waals surface area contributed by atoms with Crippen LogP contribution < -0.4 is 0 Å². The summed E-state index contributed by atoms with van der Waals surface area (Å²) >= 11 is 0. The van der Waals surface area contributed by atoms with Gasteiger partial charge in [-0.2, -0.15) is 0 Å². The van der Waals surface area contributed by atoms with Gasteiger partial charge in [-0.15, -0.1) is 0 Å². The van der Waals surface area contributed by atoms with E-state index in [9.17, 15) is 0 Å². The minimum absolute atomic E-state index is 0.0162. The van der Waals surface area contributed by atoms with Crippen molar-refractivity contribution in [2.75, 3.05) is 6.61 Å². The van der Waals surface area contributed by atoms with E-state index in [0.717, 1.165) is 35.3 Å². The lowest BCUT2D eigenvalue weighted by molar-refractivity contribution is -0.175. The van der Waals surface area contributed by atoms with Gasteiger partial charge < -0.3 is 14.5 Å². The molecule has 2 aliphatic rings. The van der Waals surface area contributed by atoms with E-state index in [1.165, 1.54) is 16.8 Å². The number of fused-ring (bicyclic) bond motifs is 3. The quantitative estimate of drug-likeness (QED) is 0.550. The van der Waals surface area contributed by atoms with E-state index in [-0.39, 0.29) is 6.10 Å². The fourth-order valence-electron chi connectivity index (χ4n) is 4.50. The fourth-order valence-corrected chi connectivity index (χ4v) is 4.50. The zero-order valence-electron chi connectivity index (χ0n) is 16.0. The average Bonchev–Trinajstić information content (AvgIpc) is 3.36. The summed E-state index contributed by atoms with van der Waals surface area (Å²) in [6, 6.07) is 20.4. The molecule has 0 radical (unpaired) electrons. The number of aromatic amines is 1. The second kappa shape index (κ2) is 6.51. The molecule has 1 spiro atoms. The molecule has 1 saturated heterocycles. The number of hydrogen-bond donors (Lipinski definition) is 1. The van der Waals surface area contributed by atoms with Crippen LogP contribution >= 0.6 is 0 Å². The summed E-state index contributed by atoms with van der Waals surface area (Å²) in [6.07, 6.45) is 4.30. The van der Waals surface area contributed by atoms with Crippen LogP contribution in [0.2, 0.25) is 0 Å². The highest BCUT2D eigenvalue weighted by atomic mass is 16.7. The van der Waals surface area contributed by atoms with Crippen molar-refractivity contribution >= 4 is 11.0 Å². The minimum Gasteiger partial charge on any atom is -0.356 e. The Morgan fingerprint density at radius 3 is 2.62 bits per heavy atom. The van der Waals surface area contributed by atoms with Crippen molar-refractivity contribution < 1.29 is 9.47 Å². The lowest BCUT2D eigenvalue weighted by Crippen LogP contribution is -2.37. The minimum atomic E-state index is -0.569. The van der Waals surface area contributed by atoms with Crippen LogP contribution in [0.5, 0.6) is 0 Å². The third kappa shape index (κ3) is 2.85. The van der Waals surface area contributed by atoms with Gasteiger partial charge in [-0.1, -0.05) is 60.7 Å². The normalized spacial score (nSPS) is 23.5. The Morgan fingerprint density at radius 2 is 1.79 bits per heavy atom. The summed E-state index contributed by atoms with van der Waals surface area (Å²) in [5, 5.41) is 0. The maximum atomic E-state index is 6.49. The molecule has 1 N–H and O–H groups in total. The first-order valence-corrected chi connectivity index (χ1v) is 10.1. The summed E-state index contributed by atoms with van der Waals surface area (Å²) in [6.45, 7) is 0.589. The second-order valence-electron chi connectivity index (χ2n) is 7.82. The van der Waals surface area contributed by atoms with Crippen molar-refractivity contribution in [1.82, 2.24) is 15.0 Å². The first-order valence-electron chi connectivity index (χ1n) is 10.1. The second-order valence-corrected chi connectivity index (χ2v) is 7.82. The van der Waals surface area contributed by atoms with E-state index < -0.39 is 5.79 Å². The highest BCUT2D eigenvalue weighted by Gasteiger charge is 2.45. The van der Waals surface area contributed by atoms with Crippen molar-refractivity contribution in [3.05, 3.63) is 83.7 Å². The molecule has 6 rings (SSSR count). The van der Waals surface area contributed by atoms with Crippen molar-refractivity contribution in [3.8, 4) is 11.4 Å². The molecule has 1 aliphatic carbocycles. The van der Waals surface area contributed by atoms with E-state index in [2.05, 4.69) is 22.1 Å². The topological polar surface area (TPSA) is 60.0 Å². The van der Waals surface area contributed by atoms with Crippen LogP contribution in [0.4, 0.5) is 0 Å². The summed E-state index contributed by atoms with van der Waals surface area (Å²) in [5.41, 5.74) is 6.56. The van der Waals surface area contributed by atoms with Crippen molar-refractivity contribution in [2.45, 2.75) is 31.2 Å². The molecule has 0 saturated carbocycles. The van der Waals surface area contributed by atoms with Gasteiger partial charge in [-0.05, 0) is 12.0 Å². The van der Waals surface area contributed by atoms with Gasteiger partial charge in [-0.25, -0.2) is 9.97 Å². The molecule has 5 nitrogen and oxygen atoms in total. The molecule has 1 aliphatic heterocycles. The summed E-state index contributed by atoms with van der Waals surface area (Å²) in [5.74, 6) is 0.176. The molecule has 5 heteroatoms. The molecule has 3 heterocycles. The maximum absolute atomic E-state index is 6.49. The molecular weight excluding hydrogens is 362 g/mol. The Morgan fingerprint density at radius 1 is 1.00 bits per heavy atom. The molecule has 0 amide bonds. The third-order valence-electron chi connectivity index (χ3n) is 5.98.